The van der Waals surface area contributed by atoms with Crippen molar-refractivity contribution < 1.29 is 9.59 Å². The monoisotopic (exact) mass is 208 g/mol. The molecule has 4 nitrogen and oxygen atoms in total. The van der Waals surface area contributed by atoms with Crippen molar-refractivity contribution in [1.29, 1.82) is 0 Å². The third-order valence-corrected chi connectivity index (χ3v) is 1.92. The van der Waals surface area contributed by atoms with Gasteiger partial charge in [-0.1, -0.05) is 25.5 Å². The Labute approximate surface area is 89.8 Å². The summed E-state index contributed by atoms with van der Waals surface area (Å²) >= 11 is 0. The van der Waals surface area contributed by atoms with E-state index in [9.17, 15) is 9.59 Å². The molecule has 0 aliphatic rings. The van der Waals surface area contributed by atoms with Gasteiger partial charge in [0, 0.05) is 0 Å². The van der Waals surface area contributed by atoms with Crippen LogP contribution in [0.1, 0.15) is 27.2 Å². The Morgan fingerprint density at radius 1 is 1.27 bits per heavy atom. The van der Waals surface area contributed by atoms with Crippen LogP contribution in [0.4, 0.5) is 0 Å². The SMILES string of the molecule is C/C(=C\CN=C=O)CC(C)(C)CN=C=O. The molecule has 0 aromatic heterocycles. The molecule has 0 spiro atoms. The second-order valence-electron chi connectivity index (χ2n) is 4.23. The van der Waals surface area contributed by atoms with Crippen molar-refractivity contribution in [3.05, 3.63) is 11.6 Å². The largest absolute Gasteiger partial charge is 0.235 e. The standard InChI is InChI=1S/C11H16N2O2/c1-10(4-5-12-8-14)6-11(2,3)7-13-9-15/h4H,5-7H2,1-3H3/b10-4+. The molecular formula is C11H16N2O2. The van der Waals surface area contributed by atoms with Gasteiger partial charge in [-0.25, -0.2) is 19.6 Å². The molecule has 0 saturated heterocycles. The molecule has 0 aromatic rings. The van der Waals surface area contributed by atoms with Crippen LogP contribution in [0.2, 0.25) is 0 Å². The fourth-order valence-electron chi connectivity index (χ4n) is 1.37. The van der Waals surface area contributed by atoms with E-state index in [2.05, 4.69) is 9.98 Å². The van der Waals surface area contributed by atoms with Crippen molar-refractivity contribution >= 4 is 12.2 Å². The molecule has 0 amide bonds. The minimum absolute atomic E-state index is 0.0666. The van der Waals surface area contributed by atoms with Gasteiger partial charge >= 0.3 is 0 Å². The minimum Gasteiger partial charge on any atom is -0.211 e. The number of carbonyl (C=O) groups excluding carboxylic acids is 2. The summed E-state index contributed by atoms with van der Waals surface area (Å²) in [6.07, 6.45) is 5.70. The second kappa shape index (κ2) is 6.88. The zero-order valence-electron chi connectivity index (χ0n) is 9.41. The highest BCUT2D eigenvalue weighted by Gasteiger charge is 2.17. The summed E-state index contributed by atoms with van der Waals surface area (Å²) in [4.78, 5) is 26.8. The van der Waals surface area contributed by atoms with E-state index >= 15 is 0 Å². The second-order valence-corrected chi connectivity index (χ2v) is 4.23. The Balaban J connectivity index is 4.24. The number of hydrogen-bond donors (Lipinski definition) is 0. The zero-order chi connectivity index (χ0) is 11.7. The predicted octanol–water partition coefficient (Wildman–Crippen LogP) is 2.02. The summed E-state index contributed by atoms with van der Waals surface area (Å²) in [5, 5.41) is 0. The summed E-state index contributed by atoms with van der Waals surface area (Å²) in [7, 11) is 0. The molecule has 0 radical (unpaired) electrons. The van der Waals surface area contributed by atoms with Gasteiger partial charge in [-0.05, 0) is 18.8 Å². The first-order chi connectivity index (χ1) is 7.02. The van der Waals surface area contributed by atoms with Crippen molar-refractivity contribution in [1.82, 2.24) is 0 Å². The Morgan fingerprint density at radius 2 is 1.87 bits per heavy atom. The van der Waals surface area contributed by atoms with E-state index in [0.29, 0.717) is 13.1 Å². The van der Waals surface area contributed by atoms with Gasteiger partial charge in [0.25, 0.3) is 0 Å². The maximum Gasteiger partial charge on any atom is 0.235 e. The maximum atomic E-state index is 9.98. The van der Waals surface area contributed by atoms with Gasteiger partial charge in [-0.3, -0.25) is 0 Å². The maximum absolute atomic E-state index is 9.98. The Morgan fingerprint density at radius 3 is 2.40 bits per heavy atom. The van der Waals surface area contributed by atoms with E-state index in [1.807, 2.05) is 26.8 Å². The third kappa shape index (κ3) is 7.56. The summed E-state index contributed by atoms with van der Waals surface area (Å²) < 4.78 is 0. The molecule has 0 bridgehead atoms. The van der Waals surface area contributed by atoms with Crippen LogP contribution in [-0.2, 0) is 9.59 Å². The number of aliphatic imine (C=N–C) groups is 2. The Kier molecular flexibility index (Phi) is 6.19. The minimum atomic E-state index is -0.0666. The van der Waals surface area contributed by atoms with Gasteiger partial charge in [0.05, 0.1) is 13.1 Å². The summed E-state index contributed by atoms with van der Waals surface area (Å²) in [5.74, 6) is 0. The molecule has 0 atom stereocenters. The van der Waals surface area contributed by atoms with Crippen LogP contribution in [0, 0.1) is 5.41 Å². The zero-order valence-corrected chi connectivity index (χ0v) is 9.41. The highest BCUT2D eigenvalue weighted by atomic mass is 16.1. The van der Waals surface area contributed by atoms with Gasteiger partial charge in [-0.15, -0.1) is 0 Å². The molecule has 0 rings (SSSR count). The molecule has 82 valence electrons. The van der Waals surface area contributed by atoms with E-state index in [1.54, 1.807) is 0 Å². The smallest absolute Gasteiger partial charge is 0.211 e. The van der Waals surface area contributed by atoms with Crippen LogP contribution in [0.25, 0.3) is 0 Å². The first-order valence-electron chi connectivity index (χ1n) is 4.75. The lowest BCUT2D eigenvalue weighted by molar-refractivity contribution is 0.375. The fourth-order valence-corrected chi connectivity index (χ4v) is 1.37. The average Bonchev–Trinajstić information content (AvgIpc) is 2.14. The summed E-state index contributed by atoms with van der Waals surface area (Å²) in [6, 6.07) is 0. The van der Waals surface area contributed by atoms with Crippen LogP contribution < -0.4 is 0 Å². The Hall–Kier alpha value is -1.50. The van der Waals surface area contributed by atoms with E-state index in [4.69, 9.17) is 0 Å². The molecule has 0 aromatic carbocycles. The lowest BCUT2D eigenvalue weighted by Gasteiger charge is -2.21. The van der Waals surface area contributed by atoms with E-state index in [0.717, 1.165) is 12.0 Å². The van der Waals surface area contributed by atoms with Gasteiger partial charge < -0.3 is 0 Å². The molecule has 0 heterocycles. The molecule has 0 unspecified atom stereocenters. The van der Waals surface area contributed by atoms with Crippen LogP contribution in [0.3, 0.4) is 0 Å². The van der Waals surface area contributed by atoms with Crippen LogP contribution in [0.5, 0.6) is 0 Å². The molecule has 0 N–H and O–H groups in total. The molecule has 0 saturated carbocycles. The van der Waals surface area contributed by atoms with E-state index < -0.39 is 0 Å². The molecule has 0 aliphatic heterocycles. The van der Waals surface area contributed by atoms with Crippen molar-refractivity contribution in [3.8, 4) is 0 Å². The normalized spacial score (nSPS) is 11.5. The van der Waals surface area contributed by atoms with Gasteiger partial charge in [0.15, 0.2) is 0 Å². The third-order valence-electron chi connectivity index (χ3n) is 1.92. The van der Waals surface area contributed by atoms with E-state index in [1.165, 1.54) is 12.2 Å². The van der Waals surface area contributed by atoms with Crippen LogP contribution in [-0.4, -0.2) is 25.2 Å². The predicted molar refractivity (Wildman–Crippen MR) is 58.1 cm³/mol. The molecule has 0 aliphatic carbocycles. The average molecular weight is 208 g/mol. The number of allylic oxidation sites excluding steroid dienone is 1. The lowest BCUT2D eigenvalue weighted by atomic mass is 9.86. The van der Waals surface area contributed by atoms with Crippen molar-refractivity contribution in [2.24, 2.45) is 15.4 Å². The molecule has 0 fully saturated rings. The highest BCUT2D eigenvalue weighted by molar-refractivity contribution is 5.33. The Bertz CT molecular complexity index is 319. The van der Waals surface area contributed by atoms with Crippen LogP contribution in [0.15, 0.2) is 21.6 Å². The quantitative estimate of drug-likeness (QED) is 0.381. The summed E-state index contributed by atoms with van der Waals surface area (Å²) in [5.41, 5.74) is 1.06. The van der Waals surface area contributed by atoms with Gasteiger partial charge in [0.1, 0.15) is 0 Å². The number of hydrogen-bond acceptors (Lipinski definition) is 4. The van der Waals surface area contributed by atoms with Crippen LogP contribution >= 0.6 is 0 Å². The first kappa shape index (κ1) is 13.5. The lowest BCUT2D eigenvalue weighted by Crippen LogP contribution is -2.15. The molecule has 15 heavy (non-hydrogen) atoms. The molecular weight excluding hydrogens is 192 g/mol. The number of nitrogens with zero attached hydrogens (tertiary/aromatic N) is 2. The first-order valence-corrected chi connectivity index (χ1v) is 4.75. The summed E-state index contributed by atoms with van der Waals surface area (Å²) in [6.45, 7) is 6.83. The van der Waals surface area contributed by atoms with E-state index in [-0.39, 0.29) is 5.41 Å². The molecule has 4 heteroatoms. The topological polar surface area (TPSA) is 58.9 Å². The van der Waals surface area contributed by atoms with Gasteiger partial charge in [-0.2, -0.15) is 0 Å². The number of rotatable bonds is 6. The van der Waals surface area contributed by atoms with Crippen molar-refractivity contribution in [2.75, 3.05) is 13.1 Å². The van der Waals surface area contributed by atoms with Crippen molar-refractivity contribution in [2.45, 2.75) is 27.2 Å². The van der Waals surface area contributed by atoms with Crippen molar-refractivity contribution in [3.63, 3.8) is 0 Å². The number of isocyanates is 2. The highest BCUT2D eigenvalue weighted by Crippen LogP contribution is 2.25. The fraction of sp³-hybridized carbons (Fsp3) is 0.636. The van der Waals surface area contributed by atoms with Gasteiger partial charge in [0.2, 0.25) is 12.2 Å².